The van der Waals surface area contributed by atoms with Gasteiger partial charge in [-0.15, -0.1) is 24.0 Å². The minimum absolute atomic E-state index is 0. The number of piperazine rings is 1. The molecule has 0 bridgehead atoms. The van der Waals surface area contributed by atoms with Crippen LogP contribution in [-0.2, 0) is 0 Å². The van der Waals surface area contributed by atoms with E-state index in [0.717, 1.165) is 12.5 Å². The maximum absolute atomic E-state index is 4.33. The number of halogens is 1. The Labute approximate surface area is 170 Å². The summed E-state index contributed by atoms with van der Waals surface area (Å²) in [6.45, 7) is 9.16. The molecule has 2 rings (SSSR count). The second-order valence-electron chi connectivity index (χ2n) is 6.63. The van der Waals surface area contributed by atoms with Gasteiger partial charge in [0.15, 0.2) is 5.96 Å². The van der Waals surface area contributed by atoms with E-state index in [4.69, 9.17) is 0 Å². The molecule has 25 heavy (non-hydrogen) atoms. The highest BCUT2D eigenvalue weighted by Gasteiger charge is 2.12. The van der Waals surface area contributed by atoms with E-state index in [9.17, 15) is 0 Å². The van der Waals surface area contributed by atoms with Crippen molar-refractivity contribution in [3.8, 4) is 0 Å². The van der Waals surface area contributed by atoms with Gasteiger partial charge in [-0.1, -0.05) is 30.3 Å². The lowest BCUT2D eigenvalue weighted by Gasteiger charge is -2.32. The van der Waals surface area contributed by atoms with Crippen molar-refractivity contribution in [2.45, 2.75) is 25.8 Å². The molecule has 0 aliphatic carbocycles. The molecule has 1 heterocycles. The van der Waals surface area contributed by atoms with Crippen LogP contribution in [0.2, 0.25) is 0 Å². The fourth-order valence-corrected chi connectivity index (χ4v) is 2.96. The molecular formula is C19H34IN5. The van der Waals surface area contributed by atoms with E-state index in [2.05, 4.69) is 63.7 Å². The molecule has 1 atom stereocenters. The number of rotatable bonds is 7. The second kappa shape index (κ2) is 12.5. The Hall–Kier alpha value is -0.860. The van der Waals surface area contributed by atoms with Crippen LogP contribution in [0.25, 0.3) is 0 Å². The van der Waals surface area contributed by atoms with Gasteiger partial charge >= 0.3 is 0 Å². The average Bonchev–Trinajstić information content (AvgIpc) is 2.62. The summed E-state index contributed by atoms with van der Waals surface area (Å²) < 4.78 is 0. The quantitative estimate of drug-likeness (QED) is 0.285. The molecule has 1 aromatic carbocycles. The van der Waals surface area contributed by atoms with Crippen molar-refractivity contribution in [2.75, 3.05) is 53.4 Å². The first-order valence-corrected chi connectivity index (χ1v) is 9.12. The van der Waals surface area contributed by atoms with E-state index in [-0.39, 0.29) is 30.0 Å². The standard InChI is InChI=1S/C19H33N5.HI/c1-17(18-9-5-4-6-10-18)22-19(20-2)21-11-7-8-12-24-15-13-23(3)14-16-24;/h4-6,9-10,17H,7-8,11-16H2,1-3H3,(H2,20,21,22);1H. The normalized spacial score (nSPS) is 17.6. The zero-order valence-corrected chi connectivity index (χ0v) is 18.2. The zero-order chi connectivity index (χ0) is 17.2. The van der Waals surface area contributed by atoms with E-state index in [0.29, 0.717) is 0 Å². The van der Waals surface area contributed by atoms with E-state index >= 15 is 0 Å². The van der Waals surface area contributed by atoms with Crippen LogP contribution >= 0.6 is 24.0 Å². The molecular weight excluding hydrogens is 425 g/mol. The van der Waals surface area contributed by atoms with Crippen LogP contribution in [0.3, 0.4) is 0 Å². The smallest absolute Gasteiger partial charge is 0.191 e. The molecule has 2 N–H and O–H groups in total. The zero-order valence-electron chi connectivity index (χ0n) is 15.9. The molecule has 0 aromatic heterocycles. The van der Waals surface area contributed by atoms with Gasteiger partial charge in [0.05, 0.1) is 6.04 Å². The second-order valence-corrected chi connectivity index (χ2v) is 6.63. The third-order valence-corrected chi connectivity index (χ3v) is 4.67. The number of aliphatic imine (C=N–C) groups is 1. The van der Waals surface area contributed by atoms with Gasteiger partial charge in [0.2, 0.25) is 0 Å². The summed E-state index contributed by atoms with van der Waals surface area (Å²) in [4.78, 5) is 9.31. The third kappa shape index (κ3) is 8.37. The fourth-order valence-electron chi connectivity index (χ4n) is 2.96. The lowest BCUT2D eigenvalue weighted by atomic mass is 10.1. The molecule has 1 saturated heterocycles. The SMILES string of the molecule is CN=C(NCCCCN1CCN(C)CC1)NC(C)c1ccccc1.I. The van der Waals surface area contributed by atoms with E-state index in [1.54, 1.807) is 0 Å². The van der Waals surface area contributed by atoms with Gasteiger partial charge in [-0.3, -0.25) is 4.99 Å². The fraction of sp³-hybridized carbons (Fsp3) is 0.632. The van der Waals surface area contributed by atoms with Gasteiger partial charge in [-0.25, -0.2) is 0 Å². The summed E-state index contributed by atoms with van der Waals surface area (Å²) >= 11 is 0. The van der Waals surface area contributed by atoms with Crippen molar-refractivity contribution in [2.24, 2.45) is 4.99 Å². The van der Waals surface area contributed by atoms with Crippen LogP contribution in [-0.4, -0.2) is 69.1 Å². The van der Waals surface area contributed by atoms with E-state index in [1.807, 2.05) is 13.1 Å². The van der Waals surface area contributed by atoms with Crippen LogP contribution in [0, 0.1) is 0 Å². The summed E-state index contributed by atoms with van der Waals surface area (Å²) in [7, 11) is 4.04. The lowest BCUT2D eigenvalue weighted by molar-refractivity contribution is 0.152. The highest BCUT2D eigenvalue weighted by Crippen LogP contribution is 2.10. The minimum Gasteiger partial charge on any atom is -0.356 e. The Morgan fingerprint density at radius 2 is 1.80 bits per heavy atom. The molecule has 1 fully saturated rings. The average molecular weight is 459 g/mol. The van der Waals surface area contributed by atoms with Crippen LogP contribution in [0.4, 0.5) is 0 Å². The van der Waals surface area contributed by atoms with Gasteiger partial charge in [-0.2, -0.15) is 0 Å². The number of hydrogen-bond donors (Lipinski definition) is 2. The maximum atomic E-state index is 4.33. The Morgan fingerprint density at radius 1 is 1.12 bits per heavy atom. The van der Waals surface area contributed by atoms with E-state index in [1.165, 1.54) is 51.1 Å². The number of guanidine groups is 1. The Balaban J connectivity index is 0.00000312. The van der Waals surface area contributed by atoms with Crippen molar-refractivity contribution in [1.29, 1.82) is 0 Å². The molecule has 1 aliphatic heterocycles. The molecule has 6 heteroatoms. The highest BCUT2D eigenvalue weighted by molar-refractivity contribution is 14.0. The Morgan fingerprint density at radius 3 is 2.44 bits per heavy atom. The Bertz CT molecular complexity index is 486. The summed E-state index contributed by atoms with van der Waals surface area (Å²) in [6, 6.07) is 10.7. The Kier molecular flexibility index (Phi) is 11.1. The number of hydrogen-bond acceptors (Lipinski definition) is 3. The molecule has 0 saturated carbocycles. The minimum atomic E-state index is 0. The van der Waals surface area contributed by atoms with Gasteiger partial charge in [0.25, 0.3) is 0 Å². The maximum Gasteiger partial charge on any atom is 0.191 e. The lowest BCUT2D eigenvalue weighted by Crippen LogP contribution is -2.44. The number of benzene rings is 1. The number of likely N-dealkylation sites (N-methyl/N-ethyl adjacent to an activating group) is 1. The van der Waals surface area contributed by atoms with Crippen LogP contribution in [0.5, 0.6) is 0 Å². The summed E-state index contributed by atoms with van der Waals surface area (Å²) in [6.07, 6.45) is 2.41. The molecule has 1 aliphatic rings. The molecule has 0 amide bonds. The topological polar surface area (TPSA) is 42.9 Å². The van der Waals surface area contributed by atoms with Crippen LogP contribution in [0.1, 0.15) is 31.4 Å². The summed E-state index contributed by atoms with van der Waals surface area (Å²) in [5.41, 5.74) is 1.27. The molecule has 1 aromatic rings. The van der Waals surface area contributed by atoms with Crippen molar-refractivity contribution < 1.29 is 0 Å². The summed E-state index contributed by atoms with van der Waals surface area (Å²) in [5, 5.41) is 6.88. The van der Waals surface area contributed by atoms with Gasteiger partial charge in [-0.05, 0) is 38.9 Å². The van der Waals surface area contributed by atoms with Crippen molar-refractivity contribution in [1.82, 2.24) is 20.4 Å². The van der Waals surface area contributed by atoms with Gasteiger partial charge in [0.1, 0.15) is 0 Å². The number of unbranched alkanes of at least 4 members (excludes halogenated alkanes) is 1. The highest BCUT2D eigenvalue weighted by atomic mass is 127. The van der Waals surface area contributed by atoms with Crippen LogP contribution < -0.4 is 10.6 Å². The van der Waals surface area contributed by atoms with E-state index < -0.39 is 0 Å². The molecule has 142 valence electrons. The van der Waals surface area contributed by atoms with Crippen molar-refractivity contribution in [3.05, 3.63) is 35.9 Å². The van der Waals surface area contributed by atoms with Gasteiger partial charge < -0.3 is 20.4 Å². The first-order chi connectivity index (χ1) is 11.7. The van der Waals surface area contributed by atoms with Gasteiger partial charge in [0, 0.05) is 39.8 Å². The molecule has 1 unspecified atom stereocenters. The first-order valence-electron chi connectivity index (χ1n) is 9.12. The molecule has 5 nitrogen and oxygen atoms in total. The number of nitrogens with zero attached hydrogens (tertiary/aromatic N) is 3. The van der Waals surface area contributed by atoms with Crippen molar-refractivity contribution >= 4 is 29.9 Å². The van der Waals surface area contributed by atoms with Crippen LogP contribution in [0.15, 0.2) is 35.3 Å². The first kappa shape index (κ1) is 22.2. The predicted octanol–water partition coefficient (Wildman–Crippen LogP) is 2.56. The number of nitrogens with one attached hydrogen (secondary N) is 2. The third-order valence-electron chi connectivity index (χ3n) is 4.67. The van der Waals surface area contributed by atoms with Crippen molar-refractivity contribution in [3.63, 3.8) is 0 Å². The molecule has 0 spiro atoms. The summed E-state index contributed by atoms with van der Waals surface area (Å²) in [5.74, 6) is 0.881. The monoisotopic (exact) mass is 459 g/mol. The largest absolute Gasteiger partial charge is 0.356 e. The predicted molar refractivity (Wildman–Crippen MR) is 118 cm³/mol. The molecule has 0 radical (unpaired) electrons.